The number of hydrogen-bond donors (Lipinski definition) is 2. The summed E-state index contributed by atoms with van der Waals surface area (Å²) < 4.78 is 13.3. The van der Waals surface area contributed by atoms with Gasteiger partial charge in [-0.2, -0.15) is 5.26 Å². The zero-order valence-corrected chi connectivity index (χ0v) is 11.2. The molecule has 4 nitrogen and oxygen atoms in total. The zero-order chi connectivity index (χ0) is 14.3. The van der Waals surface area contributed by atoms with Crippen LogP contribution in [0, 0.1) is 17.1 Å². The second-order valence-corrected chi connectivity index (χ2v) is 4.33. The lowest BCUT2D eigenvalue weighted by Crippen LogP contribution is -2.33. The summed E-state index contributed by atoms with van der Waals surface area (Å²) in [5.74, 6) is -0.617. The molecule has 0 aromatic heterocycles. The smallest absolute Gasteiger partial charge is 0.221 e. The van der Waals surface area contributed by atoms with Crippen LogP contribution in [0.5, 0.6) is 0 Å². The molecular weight excluding hydrogens is 245 g/mol. The molecule has 0 saturated heterocycles. The van der Waals surface area contributed by atoms with Crippen LogP contribution in [0.15, 0.2) is 18.2 Å². The molecule has 0 aliphatic carbocycles. The maximum absolute atomic E-state index is 13.3. The van der Waals surface area contributed by atoms with Crippen LogP contribution in [0.4, 0.5) is 10.1 Å². The van der Waals surface area contributed by atoms with Gasteiger partial charge in [0.15, 0.2) is 0 Å². The van der Waals surface area contributed by atoms with E-state index >= 15 is 0 Å². The third-order valence-corrected chi connectivity index (χ3v) is 2.81. The molecule has 2 N–H and O–H groups in total. The molecule has 0 radical (unpaired) electrons. The molecule has 0 heterocycles. The maximum atomic E-state index is 13.3. The van der Waals surface area contributed by atoms with Crippen molar-refractivity contribution >= 4 is 11.6 Å². The Labute approximate surface area is 112 Å². The molecule has 102 valence electrons. The molecule has 0 spiro atoms. The van der Waals surface area contributed by atoms with Gasteiger partial charge in [-0.3, -0.25) is 4.79 Å². The van der Waals surface area contributed by atoms with Gasteiger partial charge < -0.3 is 10.6 Å². The van der Waals surface area contributed by atoms with Gasteiger partial charge in [0.2, 0.25) is 5.91 Å². The first kappa shape index (κ1) is 15.0. The van der Waals surface area contributed by atoms with Crippen molar-refractivity contribution < 1.29 is 9.18 Å². The predicted octanol–water partition coefficient (Wildman–Crippen LogP) is 2.41. The fraction of sp³-hybridized carbons (Fsp3) is 0.429. The highest BCUT2D eigenvalue weighted by atomic mass is 19.1. The number of hydrogen-bond acceptors (Lipinski definition) is 3. The minimum atomic E-state index is -0.559. The number of benzene rings is 1. The van der Waals surface area contributed by atoms with Gasteiger partial charge in [0, 0.05) is 19.0 Å². The second-order valence-electron chi connectivity index (χ2n) is 4.33. The average molecular weight is 263 g/mol. The van der Waals surface area contributed by atoms with Crippen LogP contribution in [0.3, 0.4) is 0 Å². The minimum absolute atomic E-state index is 0.0233. The third-order valence-electron chi connectivity index (χ3n) is 2.81. The number of nitrogens with one attached hydrogen (secondary N) is 2. The van der Waals surface area contributed by atoms with Gasteiger partial charge in [0.1, 0.15) is 17.4 Å². The maximum Gasteiger partial charge on any atom is 0.221 e. The van der Waals surface area contributed by atoms with E-state index in [1.165, 1.54) is 12.1 Å². The van der Waals surface area contributed by atoms with Gasteiger partial charge in [-0.1, -0.05) is 13.0 Å². The Morgan fingerprint density at radius 2 is 2.26 bits per heavy atom. The summed E-state index contributed by atoms with van der Waals surface area (Å²) in [6, 6.07) is 6.33. The molecule has 19 heavy (non-hydrogen) atoms. The van der Waals surface area contributed by atoms with E-state index in [9.17, 15) is 9.18 Å². The Bertz CT molecular complexity index is 482. The summed E-state index contributed by atoms with van der Waals surface area (Å²) in [5, 5.41) is 14.6. The zero-order valence-electron chi connectivity index (χ0n) is 11.2. The number of carbonyl (C=O) groups is 1. The summed E-state index contributed by atoms with van der Waals surface area (Å²) in [6.07, 6.45) is 1.16. The van der Waals surface area contributed by atoms with E-state index in [0.717, 1.165) is 6.42 Å². The highest BCUT2D eigenvalue weighted by molar-refractivity contribution is 5.76. The third kappa shape index (κ3) is 4.59. The fourth-order valence-corrected chi connectivity index (χ4v) is 1.54. The molecule has 5 heteroatoms. The van der Waals surface area contributed by atoms with Crippen molar-refractivity contribution in [1.29, 1.82) is 5.26 Å². The predicted molar refractivity (Wildman–Crippen MR) is 72.1 cm³/mol. The van der Waals surface area contributed by atoms with E-state index in [-0.39, 0.29) is 23.9 Å². The van der Waals surface area contributed by atoms with E-state index in [1.54, 1.807) is 12.1 Å². The monoisotopic (exact) mass is 263 g/mol. The van der Waals surface area contributed by atoms with Crippen molar-refractivity contribution in [2.75, 3.05) is 11.9 Å². The molecule has 1 rings (SSSR count). The lowest BCUT2D eigenvalue weighted by atomic mass is 10.2. The number of rotatable bonds is 6. The summed E-state index contributed by atoms with van der Waals surface area (Å²) in [7, 11) is 0. The Balaban J connectivity index is 2.48. The molecule has 1 amide bonds. The summed E-state index contributed by atoms with van der Waals surface area (Å²) >= 11 is 0. The molecule has 0 bridgehead atoms. The molecule has 0 aliphatic rings. The van der Waals surface area contributed by atoms with Gasteiger partial charge in [-0.05, 0) is 25.5 Å². The van der Waals surface area contributed by atoms with Crippen LogP contribution >= 0.6 is 0 Å². The quantitative estimate of drug-likeness (QED) is 0.828. The number of nitrogens with zero attached hydrogens (tertiary/aromatic N) is 1. The van der Waals surface area contributed by atoms with Crippen molar-refractivity contribution in [2.45, 2.75) is 32.7 Å². The highest BCUT2D eigenvalue weighted by Gasteiger charge is 2.08. The van der Waals surface area contributed by atoms with Crippen LogP contribution in [0.2, 0.25) is 0 Å². The summed E-state index contributed by atoms with van der Waals surface area (Å²) in [4.78, 5) is 11.5. The van der Waals surface area contributed by atoms with Gasteiger partial charge >= 0.3 is 0 Å². The van der Waals surface area contributed by atoms with E-state index < -0.39 is 5.82 Å². The Morgan fingerprint density at radius 1 is 1.53 bits per heavy atom. The van der Waals surface area contributed by atoms with Crippen LogP contribution in [-0.4, -0.2) is 18.5 Å². The van der Waals surface area contributed by atoms with Gasteiger partial charge in [-0.15, -0.1) is 0 Å². The lowest BCUT2D eigenvalue weighted by molar-refractivity contribution is -0.121. The Morgan fingerprint density at radius 3 is 2.89 bits per heavy atom. The number of halogens is 1. The fourth-order valence-electron chi connectivity index (χ4n) is 1.54. The van der Waals surface area contributed by atoms with Crippen molar-refractivity contribution in [1.82, 2.24) is 5.32 Å². The number of amides is 1. The van der Waals surface area contributed by atoms with Crippen LogP contribution in [0.1, 0.15) is 32.3 Å². The van der Waals surface area contributed by atoms with Gasteiger partial charge in [0.05, 0.1) is 5.69 Å². The molecular formula is C14H18FN3O. The molecule has 1 aromatic rings. The number of nitriles is 1. The molecule has 0 fully saturated rings. The normalized spacial score (nSPS) is 11.5. The van der Waals surface area contributed by atoms with Crippen molar-refractivity contribution in [3.05, 3.63) is 29.6 Å². The van der Waals surface area contributed by atoms with Crippen molar-refractivity contribution in [3.8, 4) is 6.07 Å². The Kier molecular flexibility index (Phi) is 5.80. The van der Waals surface area contributed by atoms with Crippen molar-refractivity contribution in [2.24, 2.45) is 0 Å². The van der Waals surface area contributed by atoms with E-state index in [1.807, 2.05) is 13.8 Å². The summed E-state index contributed by atoms with van der Waals surface area (Å²) in [6.45, 7) is 4.29. The first-order valence-electron chi connectivity index (χ1n) is 6.30. The minimum Gasteiger partial charge on any atom is -0.383 e. The molecule has 1 aromatic carbocycles. The SMILES string of the molecule is CCC(C)NC(=O)CCNc1cccc(F)c1C#N. The molecule has 0 aliphatic heterocycles. The van der Waals surface area contributed by atoms with Crippen LogP contribution in [0.25, 0.3) is 0 Å². The van der Waals surface area contributed by atoms with E-state index in [4.69, 9.17) is 5.26 Å². The largest absolute Gasteiger partial charge is 0.383 e. The van der Waals surface area contributed by atoms with E-state index in [2.05, 4.69) is 10.6 Å². The van der Waals surface area contributed by atoms with Crippen molar-refractivity contribution in [3.63, 3.8) is 0 Å². The first-order chi connectivity index (χ1) is 9.08. The highest BCUT2D eigenvalue weighted by Crippen LogP contribution is 2.17. The van der Waals surface area contributed by atoms with E-state index in [0.29, 0.717) is 12.2 Å². The second kappa shape index (κ2) is 7.37. The standard InChI is InChI=1S/C14H18FN3O/c1-3-10(2)18-14(19)7-8-17-13-6-4-5-12(15)11(13)9-16/h4-6,10,17H,3,7-8H2,1-2H3,(H,18,19). The molecule has 1 atom stereocenters. The lowest BCUT2D eigenvalue weighted by Gasteiger charge is -2.12. The number of carbonyl (C=O) groups excluding carboxylic acids is 1. The average Bonchev–Trinajstić information content (AvgIpc) is 2.38. The number of anilines is 1. The van der Waals surface area contributed by atoms with Gasteiger partial charge in [-0.25, -0.2) is 4.39 Å². The molecule has 0 saturated carbocycles. The Hall–Kier alpha value is -2.09. The topological polar surface area (TPSA) is 64.9 Å². The van der Waals surface area contributed by atoms with Crippen LogP contribution in [-0.2, 0) is 4.79 Å². The van der Waals surface area contributed by atoms with Gasteiger partial charge in [0.25, 0.3) is 0 Å². The molecule has 1 unspecified atom stereocenters. The summed E-state index contributed by atoms with van der Waals surface area (Å²) in [5.41, 5.74) is 0.392. The first-order valence-corrected chi connectivity index (χ1v) is 6.30. The van der Waals surface area contributed by atoms with Crippen LogP contribution < -0.4 is 10.6 Å².